The number of carbonyl (C=O) groups excluding carboxylic acids is 1. The first kappa shape index (κ1) is 22.6. The van der Waals surface area contributed by atoms with Crippen molar-refractivity contribution in [3.8, 4) is 0 Å². The summed E-state index contributed by atoms with van der Waals surface area (Å²) >= 11 is 0. The Morgan fingerprint density at radius 2 is 1.67 bits per heavy atom. The lowest BCUT2D eigenvalue weighted by molar-refractivity contribution is -0.250. The summed E-state index contributed by atoms with van der Waals surface area (Å²) in [6, 6.07) is 0. The molecule has 33 heavy (non-hydrogen) atoms. The molecule has 1 spiro atoms. The molecule has 1 saturated heterocycles. The summed E-state index contributed by atoms with van der Waals surface area (Å²) in [5, 5.41) is 10.9. The van der Waals surface area contributed by atoms with Crippen LogP contribution in [0.3, 0.4) is 0 Å². The average Bonchev–Trinajstić information content (AvgIpc) is 3.23. The minimum absolute atomic E-state index is 0.00210. The van der Waals surface area contributed by atoms with E-state index in [1.807, 2.05) is 0 Å². The fourth-order valence-electron chi connectivity index (χ4n) is 11.9. The van der Waals surface area contributed by atoms with Crippen LogP contribution in [0.4, 0.5) is 0 Å². The van der Waals surface area contributed by atoms with E-state index in [1.165, 1.54) is 44.1 Å². The zero-order valence-electron chi connectivity index (χ0n) is 21.9. The largest absolute Gasteiger partial charge is 0.461 e. The molecule has 6 fully saturated rings. The normalized spacial score (nSPS) is 58.5. The molecule has 11 unspecified atom stereocenters. The molecule has 0 aromatic carbocycles. The van der Waals surface area contributed by atoms with Gasteiger partial charge < -0.3 is 9.84 Å². The third-order valence-electron chi connectivity index (χ3n) is 13.7. The van der Waals surface area contributed by atoms with Crippen LogP contribution in [-0.2, 0) is 9.53 Å². The van der Waals surface area contributed by atoms with E-state index in [-0.39, 0.29) is 34.4 Å². The van der Waals surface area contributed by atoms with Crippen molar-refractivity contribution in [2.24, 2.45) is 56.7 Å². The molecule has 0 amide bonds. The van der Waals surface area contributed by atoms with Crippen molar-refractivity contribution in [3.63, 3.8) is 0 Å². The minimum Gasteiger partial charge on any atom is -0.461 e. The maximum Gasteiger partial charge on any atom is 0.312 e. The molecule has 5 saturated carbocycles. The Kier molecular flexibility index (Phi) is 4.44. The molecule has 1 N–H and O–H groups in total. The molecule has 6 aliphatic rings. The number of esters is 1. The lowest BCUT2D eigenvalue weighted by Crippen LogP contribution is -2.67. The number of ether oxygens (including phenoxy) is 1. The lowest BCUT2D eigenvalue weighted by atomic mass is 9.32. The number of rotatable bonds is 1. The topological polar surface area (TPSA) is 46.5 Å². The van der Waals surface area contributed by atoms with Crippen molar-refractivity contribution >= 4 is 5.97 Å². The highest BCUT2D eigenvalue weighted by Gasteiger charge is 2.75. The first-order valence-electron chi connectivity index (χ1n) is 13.9. The number of hydrogen-bond donors (Lipinski definition) is 1. The van der Waals surface area contributed by atoms with Crippen molar-refractivity contribution in [2.45, 2.75) is 112 Å². The Hall–Kier alpha value is -0.830. The van der Waals surface area contributed by atoms with E-state index in [9.17, 15) is 9.90 Å². The summed E-state index contributed by atoms with van der Waals surface area (Å²) in [5.74, 6) is 2.79. The van der Waals surface area contributed by atoms with Gasteiger partial charge in [-0.05, 0) is 104 Å². The summed E-state index contributed by atoms with van der Waals surface area (Å²) in [6.07, 6.45) is 10.2. The Bertz CT molecular complexity index is 906. The highest BCUT2D eigenvalue weighted by atomic mass is 16.6. The standard InChI is InChI=1S/C30H46O3/c1-17(2)23-19-16-30(25(32)33-19)15-14-28(6)18(24(23)30)8-9-21-27(5)12-11-22(31)26(3,4)20(27)10-13-29(21,28)7/h18-24,31H,1,8-16H2,2-7H3. The van der Waals surface area contributed by atoms with Gasteiger partial charge in [0.15, 0.2) is 0 Å². The zero-order chi connectivity index (χ0) is 23.8. The molecule has 5 aliphatic carbocycles. The van der Waals surface area contributed by atoms with Crippen molar-refractivity contribution in [1.29, 1.82) is 0 Å². The van der Waals surface area contributed by atoms with Crippen LogP contribution in [0, 0.1) is 56.7 Å². The van der Waals surface area contributed by atoms with Crippen molar-refractivity contribution in [1.82, 2.24) is 0 Å². The van der Waals surface area contributed by atoms with Crippen molar-refractivity contribution in [2.75, 3.05) is 0 Å². The first-order chi connectivity index (χ1) is 15.3. The van der Waals surface area contributed by atoms with Crippen LogP contribution in [0.2, 0.25) is 0 Å². The molecular formula is C30H46O3. The van der Waals surface area contributed by atoms with Gasteiger partial charge in [0.05, 0.1) is 11.5 Å². The Morgan fingerprint density at radius 3 is 2.36 bits per heavy atom. The molecule has 3 heteroatoms. The lowest BCUT2D eigenvalue weighted by Gasteiger charge is -2.72. The first-order valence-corrected chi connectivity index (χ1v) is 13.9. The van der Waals surface area contributed by atoms with E-state index in [2.05, 4.69) is 48.1 Å². The SMILES string of the molecule is C=C(C)C1C2CC3(CCC4(C)C(CCC5C6(C)CCC(O)C(C)(C)C6CCC54C)C13)C(=O)O2. The summed E-state index contributed by atoms with van der Waals surface area (Å²) in [7, 11) is 0. The fraction of sp³-hybridized carbons (Fsp3) is 0.900. The average molecular weight is 455 g/mol. The van der Waals surface area contributed by atoms with Crippen LogP contribution in [0.5, 0.6) is 0 Å². The van der Waals surface area contributed by atoms with Crippen molar-refractivity contribution in [3.05, 3.63) is 12.2 Å². The second kappa shape index (κ2) is 6.48. The van der Waals surface area contributed by atoms with Crippen LogP contribution in [-0.4, -0.2) is 23.3 Å². The second-order valence-electron chi connectivity index (χ2n) is 14.7. The Labute approximate surface area is 201 Å². The summed E-state index contributed by atoms with van der Waals surface area (Å²) in [6.45, 7) is 19.1. The van der Waals surface area contributed by atoms with E-state index in [1.54, 1.807) is 0 Å². The molecule has 6 rings (SSSR count). The molecule has 1 aliphatic heterocycles. The van der Waals surface area contributed by atoms with Crippen LogP contribution in [0.1, 0.15) is 99.3 Å². The van der Waals surface area contributed by atoms with Gasteiger partial charge in [0, 0.05) is 12.3 Å². The van der Waals surface area contributed by atoms with Crippen LogP contribution in [0.25, 0.3) is 0 Å². The van der Waals surface area contributed by atoms with E-state index in [0.29, 0.717) is 40.4 Å². The van der Waals surface area contributed by atoms with Crippen molar-refractivity contribution < 1.29 is 14.6 Å². The summed E-state index contributed by atoms with van der Waals surface area (Å²) < 4.78 is 5.94. The third kappa shape index (κ3) is 2.40. The van der Waals surface area contributed by atoms with Crippen LogP contribution in [0.15, 0.2) is 12.2 Å². The molecule has 184 valence electrons. The van der Waals surface area contributed by atoms with Crippen LogP contribution >= 0.6 is 0 Å². The number of fused-ring (bicyclic) bond motifs is 7. The molecule has 2 bridgehead atoms. The van der Waals surface area contributed by atoms with Gasteiger partial charge in [-0.1, -0.05) is 46.8 Å². The molecule has 11 atom stereocenters. The van der Waals surface area contributed by atoms with Crippen LogP contribution < -0.4 is 0 Å². The van der Waals surface area contributed by atoms with Gasteiger partial charge in [0.1, 0.15) is 6.10 Å². The molecule has 0 aromatic rings. The monoisotopic (exact) mass is 454 g/mol. The molecule has 1 heterocycles. The van der Waals surface area contributed by atoms with Gasteiger partial charge in [0.25, 0.3) is 0 Å². The van der Waals surface area contributed by atoms with E-state index >= 15 is 0 Å². The highest BCUT2D eigenvalue weighted by molar-refractivity contribution is 5.81. The third-order valence-corrected chi connectivity index (χ3v) is 13.7. The maximum absolute atomic E-state index is 13.2. The van der Waals surface area contributed by atoms with Gasteiger partial charge in [-0.2, -0.15) is 0 Å². The fourth-order valence-corrected chi connectivity index (χ4v) is 11.9. The summed E-state index contributed by atoms with van der Waals surface area (Å²) in [5.41, 5.74) is 1.86. The van der Waals surface area contributed by atoms with E-state index in [4.69, 9.17) is 4.74 Å². The van der Waals surface area contributed by atoms with Gasteiger partial charge in [-0.25, -0.2) is 0 Å². The maximum atomic E-state index is 13.2. The van der Waals surface area contributed by atoms with Gasteiger partial charge in [-0.3, -0.25) is 4.79 Å². The minimum atomic E-state index is -0.236. The summed E-state index contributed by atoms with van der Waals surface area (Å²) in [4.78, 5) is 13.2. The number of hydrogen-bond acceptors (Lipinski definition) is 3. The molecule has 0 aromatic heterocycles. The smallest absolute Gasteiger partial charge is 0.312 e. The van der Waals surface area contributed by atoms with E-state index in [0.717, 1.165) is 19.3 Å². The zero-order valence-corrected chi connectivity index (χ0v) is 21.9. The number of carbonyl (C=O) groups is 1. The molecule has 0 radical (unpaired) electrons. The number of aliphatic hydroxyl groups is 1. The second-order valence-corrected chi connectivity index (χ2v) is 14.7. The van der Waals surface area contributed by atoms with Gasteiger partial charge >= 0.3 is 5.97 Å². The molecular weight excluding hydrogens is 408 g/mol. The van der Waals surface area contributed by atoms with E-state index < -0.39 is 0 Å². The Balaban J connectivity index is 1.41. The predicted molar refractivity (Wildman–Crippen MR) is 130 cm³/mol. The predicted octanol–water partition coefficient (Wildman–Crippen LogP) is 6.54. The highest BCUT2D eigenvalue weighted by Crippen LogP contribution is 2.78. The van der Waals surface area contributed by atoms with Gasteiger partial charge in [0.2, 0.25) is 0 Å². The number of aliphatic hydroxyl groups excluding tert-OH is 1. The molecule has 3 nitrogen and oxygen atoms in total. The Morgan fingerprint density at radius 1 is 0.939 bits per heavy atom. The quantitative estimate of drug-likeness (QED) is 0.361. The van der Waals surface area contributed by atoms with Gasteiger partial charge in [-0.15, -0.1) is 0 Å².